The zero-order chi connectivity index (χ0) is 24.4. The molecule has 3 aromatic rings. The number of fused-ring (bicyclic) bond motifs is 1. The molecule has 1 aromatic heterocycles. The van der Waals surface area contributed by atoms with Gasteiger partial charge in [-0.1, -0.05) is 6.07 Å². The van der Waals surface area contributed by atoms with Gasteiger partial charge in [-0.15, -0.1) is 0 Å². The molecule has 9 nitrogen and oxygen atoms in total. The van der Waals surface area contributed by atoms with Crippen LogP contribution in [0.4, 0.5) is 30.5 Å². The van der Waals surface area contributed by atoms with Gasteiger partial charge in [-0.05, 0) is 35.4 Å². The van der Waals surface area contributed by atoms with Gasteiger partial charge in [-0.3, -0.25) is 5.32 Å². The van der Waals surface area contributed by atoms with Gasteiger partial charge in [0, 0.05) is 11.6 Å². The summed E-state index contributed by atoms with van der Waals surface area (Å²) in [4.78, 5) is 8.47. The number of aromatic nitrogens is 1. The van der Waals surface area contributed by atoms with Crippen molar-refractivity contribution in [2.75, 3.05) is 16.8 Å². The number of hydrogen-bond acceptors (Lipinski definition) is 9. The third-order valence-electron chi connectivity index (χ3n) is 4.95. The Bertz CT molecular complexity index is 1390. The van der Waals surface area contributed by atoms with E-state index >= 15 is 0 Å². The van der Waals surface area contributed by atoms with Crippen molar-refractivity contribution in [3.05, 3.63) is 76.1 Å². The lowest BCUT2D eigenvalue weighted by atomic mass is 9.95. The summed E-state index contributed by atoms with van der Waals surface area (Å²) in [7, 11) is 0. The van der Waals surface area contributed by atoms with Gasteiger partial charge < -0.3 is 21.5 Å². The molecule has 1 atom stereocenters. The van der Waals surface area contributed by atoms with Gasteiger partial charge in [0.25, 0.3) is 0 Å². The normalized spacial score (nSPS) is 14.1. The van der Waals surface area contributed by atoms with Crippen molar-refractivity contribution in [2.24, 2.45) is 4.99 Å². The smallest absolute Gasteiger partial charge is 0.211 e. The highest BCUT2D eigenvalue weighted by molar-refractivity contribution is 5.98. The van der Waals surface area contributed by atoms with E-state index in [4.69, 9.17) is 21.5 Å². The van der Waals surface area contributed by atoms with Crippen LogP contribution >= 0.6 is 0 Å². The number of nitrogens with one attached hydrogen (secondary N) is 2. The first-order chi connectivity index (χ1) is 16.3. The second-order valence-electron chi connectivity index (χ2n) is 7.16. The summed E-state index contributed by atoms with van der Waals surface area (Å²) in [6, 6.07) is 7.77. The SMILES string of the molecule is N#CNC1=NC(c2ccc(OCc3cc(F)cc(F)c3)c(F)c2)c2c(nc(N)c(C#N)c2N)N1. The highest BCUT2D eigenvalue weighted by atomic mass is 19.1. The molecule has 0 bridgehead atoms. The van der Waals surface area contributed by atoms with Crippen LogP contribution in [-0.4, -0.2) is 10.9 Å². The van der Waals surface area contributed by atoms with E-state index in [0.29, 0.717) is 5.56 Å². The molecule has 0 spiro atoms. The first-order valence-electron chi connectivity index (χ1n) is 9.66. The van der Waals surface area contributed by atoms with Gasteiger partial charge in [0.15, 0.2) is 17.8 Å². The fraction of sp³-hybridized carbons (Fsp3) is 0.0909. The zero-order valence-corrected chi connectivity index (χ0v) is 17.2. The Morgan fingerprint density at radius 1 is 1.09 bits per heavy atom. The average molecular weight is 464 g/mol. The highest BCUT2D eigenvalue weighted by Crippen LogP contribution is 2.41. The first kappa shape index (κ1) is 22.2. The maximum absolute atomic E-state index is 14.9. The summed E-state index contributed by atoms with van der Waals surface area (Å²) in [5.41, 5.74) is 12.7. The monoisotopic (exact) mass is 464 g/mol. The molecule has 6 N–H and O–H groups in total. The Labute approximate surface area is 191 Å². The third kappa shape index (κ3) is 4.20. The largest absolute Gasteiger partial charge is 0.486 e. The van der Waals surface area contributed by atoms with E-state index in [-0.39, 0.29) is 52.3 Å². The number of ether oxygens (including phenoxy) is 1. The van der Waals surface area contributed by atoms with E-state index < -0.39 is 23.5 Å². The number of rotatable bonds is 4. The molecule has 1 aliphatic heterocycles. The maximum Gasteiger partial charge on any atom is 0.211 e. The molecule has 34 heavy (non-hydrogen) atoms. The second-order valence-corrected chi connectivity index (χ2v) is 7.16. The van der Waals surface area contributed by atoms with Crippen LogP contribution in [0, 0.1) is 40.2 Å². The average Bonchev–Trinajstić information content (AvgIpc) is 2.77. The van der Waals surface area contributed by atoms with E-state index in [1.54, 1.807) is 6.19 Å². The van der Waals surface area contributed by atoms with E-state index in [1.807, 2.05) is 6.07 Å². The molecular formula is C22H15F3N8O. The van der Waals surface area contributed by atoms with Crippen molar-refractivity contribution in [1.29, 1.82) is 10.5 Å². The van der Waals surface area contributed by atoms with Crippen molar-refractivity contribution in [1.82, 2.24) is 10.3 Å². The Morgan fingerprint density at radius 2 is 1.82 bits per heavy atom. The van der Waals surface area contributed by atoms with Gasteiger partial charge in [0.2, 0.25) is 5.96 Å². The number of nitrogens with zero attached hydrogens (tertiary/aromatic N) is 4. The fourth-order valence-corrected chi connectivity index (χ4v) is 3.48. The van der Waals surface area contributed by atoms with Gasteiger partial charge in [0.05, 0.1) is 5.69 Å². The van der Waals surface area contributed by atoms with E-state index in [1.165, 1.54) is 12.1 Å². The van der Waals surface area contributed by atoms with Crippen molar-refractivity contribution >= 4 is 23.3 Å². The van der Waals surface area contributed by atoms with Crippen molar-refractivity contribution in [3.8, 4) is 18.0 Å². The summed E-state index contributed by atoms with van der Waals surface area (Å²) in [5, 5.41) is 23.4. The molecule has 0 aliphatic carbocycles. The number of guanidine groups is 1. The highest BCUT2D eigenvalue weighted by Gasteiger charge is 2.30. The molecule has 1 aliphatic rings. The minimum atomic E-state index is -0.937. The molecule has 2 heterocycles. The fourth-order valence-electron chi connectivity index (χ4n) is 3.48. The number of halogens is 3. The van der Waals surface area contributed by atoms with Crippen LogP contribution in [0.5, 0.6) is 5.75 Å². The lowest BCUT2D eigenvalue weighted by Crippen LogP contribution is -2.32. The summed E-state index contributed by atoms with van der Waals surface area (Å²) in [6.07, 6.45) is 1.72. The number of nitrogen functional groups attached to an aromatic ring is 2. The molecule has 0 fully saturated rings. The minimum absolute atomic E-state index is 0.0103. The number of anilines is 3. The first-order valence-corrected chi connectivity index (χ1v) is 9.66. The molecule has 0 amide bonds. The molecular weight excluding hydrogens is 449 g/mol. The summed E-state index contributed by atoms with van der Waals surface area (Å²) >= 11 is 0. The zero-order valence-electron chi connectivity index (χ0n) is 17.2. The number of benzene rings is 2. The van der Waals surface area contributed by atoms with Crippen LogP contribution in [0.25, 0.3) is 0 Å². The molecule has 170 valence electrons. The number of nitriles is 2. The van der Waals surface area contributed by atoms with Crippen molar-refractivity contribution < 1.29 is 17.9 Å². The quantitative estimate of drug-likeness (QED) is 0.339. The molecule has 4 rings (SSSR count). The Hall–Kier alpha value is -4.97. The summed E-state index contributed by atoms with van der Waals surface area (Å²) in [5.74, 6) is -2.44. The van der Waals surface area contributed by atoms with Gasteiger partial charge in [-0.2, -0.15) is 10.5 Å². The van der Waals surface area contributed by atoms with Crippen LogP contribution in [-0.2, 0) is 6.61 Å². The molecule has 0 radical (unpaired) electrons. The van der Waals surface area contributed by atoms with Gasteiger partial charge in [0.1, 0.15) is 47.6 Å². The standard InChI is InChI=1S/C22H15F3N8O/c23-12-3-10(4-13(24)6-12)8-34-16-2-1-11(5-15(16)25)19-17-18(28)14(7-26)20(29)32-21(17)33-22(31-19)30-9-27/h1-6,19H,8H2,(H6,28,29,30,31,32,33). The Morgan fingerprint density at radius 3 is 2.47 bits per heavy atom. The number of pyridine rings is 1. The Kier molecular flexibility index (Phi) is 5.80. The van der Waals surface area contributed by atoms with Gasteiger partial charge >= 0.3 is 0 Å². The van der Waals surface area contributed by atoms with Crippen molar-refractivity contribution in [3.63, 3.8) is 0 Å². The molecule has 0 saturated carbocycles. The molecule has 1 unspecified atom stereocenters. The van der Waals surface area contributed by atoms with E-state index in [9.17, 15) is 18.4 Å². The summed E-state index contributed by atoms with van der Waals surface area (Å²) in [6.45, 7) is -0.267. The van der Waals surface area contributed by atoms with Crippen LogP contribution in [0.1, 0.15) is 28.3 Å². The number of nitrogens with two attached hydrogens (primary N) is 2. The predicted molar refractivity (Wildman–Crippen MR) is 117 cm³/mol. The molecule has 0 saturated heterocycles. The third-order valence-corrected chi connectivity index (χ3v) is 4.95. The number of aliphatic imine (C=N–C) groups is 1. The predicted octanol–water partition coefficient (Wildman–Crippen LogP) is 3.06. The van der Waals surface area contributed by atoms with Crippen LogP contribution in [0.15, 0.2) is 41.4 Å². The van der Waals surface area contributed by atoms with E-state index in [0.717, 1.165) is 24.3 Å². The van der Waals surface area contributed by atoms with Gasteiger partial charge in [-0.25, -0.2) is 23.1 Å². The second kappa shape index (κ2) is 8.88. The minimum Gasteiger partial charge on any atom is -0.486 e. The maximum atomic E-state index is 14.9. The van der Waals surface area contributed by atoms with E-state index in [2.05, 4.69) is 20.6 Å². The lowest BCUT2D eigenvalue weighted by Gasteiger charge is -2.26. The molecule has 2 aromatic carbocycles. The number of hydrogen-bond donors (Lipinski definition) is 4. The lowest BCUT2D eigenvalue weighted by molar-refractivity contribution is 0.289. The molecule has 12 heteroatoms. The Balaban J connectivity index is 1.69. The van der Waals surface area contributed by atoms with Crippen LogP contribution in [0.2, 0.25) is 0 Å². The van der Waals surface area contributed by atoms with Crippen LogP contribution in [0.3, 0.4) is 0 Å². The topological polar surface area (TPSA) is 158 Å². The van der Waals surface area contributed by atoms with Crippen LogP contribution < -0.4 is 26.8 Å². The van der Waals surface area contributed by atoms with Crippen molar-refractivity contribution in [2.45, 2.75) is 12.6 Å². The summed E-state index contributed by atoms with van der Waals surface area (Å²) < 4.78 is 47.0.